The number of amides is 2. The Morgan fingerprint density at radius 1 is 1.03 bits per heavy atom. The summed E-state index contributed by atoms with van der Waals surface area (Å²) in [5, 5.41) is 83.5. The number of aliphatic hydroxyl groups excluding tert-OH is 8. The van der Waals surface area contributed by atoms with Gasteiger partial charge in [0.2, 0.25) is 5.91 Å². The van der Waals surface area contributed by atoms with E-state index < -0.39 is 74.2 Å². The fourth-order valence-corrected chi connectivity index (χ4v) is 2.93. The smallest absolute Gasteiger partial charge is 0.251 e. The molecule has 1 heterocycles. The van der Waals surface area contributed by atoms with Gasteiger partial charge in [0, 0.05) is 18.7 Å². The zero-order valence-corrected chi connectivity index (χ0v) is 18.1. The van der Waals surface area contributed by atoms with Crippen LogP contribution in [0.25, 0.3) is 0 Å². The third-order valence-corrected chi connectivity index (χ3v) is 4.96. The van der Waals surface area contributed by atoms with Gasteiger partial charge in [-0.1, -0.05) is 6.58 Å². The van der Waals surface area contributed by atoms with Crippen molar-refractivity contribution < 1.29 is 59.9 Å². The van der Waals surface area contributed by atoms with E-state index in [9.17, 15) is 50.4 Å². The average Bonchev–Trinajstić information content (AvgIpc) is 2.80. The molecule has 10 N–H and O–H groups in total. The first kappa shape index (κ1) is 29.3. The first-order valence-corrected chi connectivity index (χ1v) is 10.3. The van der Waals surface area contributed by atoms with E-state index in [-0.39, 0.29) is 25.4 Å². The molecule has 1 fully saturated rings. The molecule has 14 nitrogen and oxygen atoms in total. The lowest BCUT2D eigenvalue weighted by Crippen LogP contribution is -2.62. The lowest BCUT2D eigenvalue weighted by molar-refractivity contribution is -0.326. The molecule has 1 aliphatic rings. The topological polar surface area (TPSA) is 238 Å². The molecular formula is C19H34N2O12. The van der Waals surface area contributed by atoms with Gasteiger partial charge in [-0.25, -0.2) is 0 Å². The lowest BCUT2D eigenvalue weighted by atomic mass is 9.98. The molecule has 1 aliphatic heterocycles. The van der Waals surface area contributed by atoms with Crippen molar-refractivity contribution in [3.8, 4) is 0 Å². The Balaban J connectivity index is 2.72. The van der Waals surface area contributed by atoms with Crippen molar-refractivity contribution in [2.45, 2.75) is 68.5 Å². The summed E-state index contributed by atoms with van der Waals surface area (Å²) in [6, 6.07) is 0. The summed E-state index contributed by atoms with van der Waals surface area (Å²) in [7, 11) is 0. The predicted molar refractivity (Wildman–Crippen MR) is 109 cm³/mol. The molecule has 0 unspecified atom stereocenters. The Kier molecular flexibility index (Phi) is 12.3. The van der Waals surface area contributed by atoms with Crippen LogP contribution < -0.4 is 10.6 Å². The SMILES string of the molecule is C=C(C)C(=O)NCCCNC(=O)[C@H](O)[C@@H](O)[C@H](O[C@H]1O[C@H](CO)[C@@H](O)[C@H](O)[C@H]1O)[C@H](O)CO. The maximum Gasteiger partial charge on any atom is 0.251 e. The van der Waals surface area contributed by atoms with Crippen LogP contribution in [0.2, 0.25) is 0 Å². The van der Waals surface area contributed by atoms with Crippen LogP contribution >= 0.6 is 0 Å². The number of carbonyl (C=O) groups is 2. The molecule has 1 saturated heterocycles. The number of carbonyl (C=O) groups excluding carboxylic acids is 2. The average molecular weight is 482 g/mol. The molecule has 0 radical (unpaired) electrons. The normalized spacial score (nSPS) is 28.9. The standard InChI is InChI=1S/C19H34N2O12/c1-8(2)17(30)20-4-3-5-21-18(31)14(28)13(27)16(9(24)6-22)33-19-15(29)12(26)11(25)10(7-23)32-19/h9-16,19,22-29H,1,3-7H2,2H3,(H,20,30)(H,21,31)/t9-,10-,11-,12+,13-,14-,15-,16-,19-/m1/s1. The van der Waals surface area contributed by atoms with E-state index in [0.29, 0.717) is 5.57 Å². The molecule has 2 amide bonds. The molecule has 0 aromatic rings. The highest BCUT2D eigenvalue weighted by atomic mass is 16.7. The van der Waals surface area contributed by atoms with Gasteiger partial charge in [0.1, 0.15) is 42.7 Å². The zero-order valence-electron chi connectivity index (χ0n) is 18.1. The minimum absolute atomic E-state index is 0.0138. The summed E-state index contributed by atoms with van der Waals surface area (Å²) in [5.74, 6) is -1.41. The number of nitrogens with one attached hydrogen (secondary N) is 2. The van der Waals surface area contributed by atoms with Crippen LogP contribution in [-0.4, -0.2) is 134 Å². The Hall–Kier alpha value is -1.72. The number of rotatable bonds is 13. The van der Waals surface area contributed by atoms with E-state index in [1.807, 2.05) is 0 Å². The highest BCUT2D eigenvalue weighted by Gasteiger charge is 2.47. The molecule has 14 heteroatoms. The first-order valence-electron chi connectivity index (χ1n) is 10.3. The second kappa shape index (κ2) is 13.9. The Morgan fingerprint density at radius 3 is 2.18 bits per heavy atom. The highest BCUT2D eigenvalue weighted by molar-refractivity contribution is 5.92. The fourth-order valence-electron chi connectivity index (χ4n) is 2.93. The third kappa shape index (κ3) is 8.22. The fraction of sp³-hybridized carbons (Fsp3) is 0.789. The van der Waals surface area contributed by atoms with Crippen LogP contribution in [-0.2, 0) is 19.1 Å². The summed E-state index contributed by atoms with van der Waals surface area (Å²) in [4.78, 5) is 23.5. The molecule has 0 aliphatic carbocycles. The quantitative estimate of drug-likeness (QED) is 0.0873. The minimum atomic E-state index is -2.15. The maximum absolute atomic E-state index is 12.1. The second-order valence-electron chi connectivity index (χ2n) is 7.66. The minimum Gasteiger partial charge on any atom is -0.394 e. The van der Waals surface area contributed by atoms with Gasteiger partial charge in [0.25, 0.3) is 5.91 Å². The van der Waals surface area contributed by atoms with E-state index in [2.05, 4.69) is 17.2 Å². The van der Waals surface area contributed by atoms with Crippen molar-refractivity contribution in [1.82, 2.24) is 10.6 Å². The van der Waals surface area contributed by atoms with Gasteiger partial charge >= 0.3 is 0 Å². The largest absolute Gasteiger partial charge is 0.394 e. The molecular weight excluding hydrogens is 448 g/mol. The molecule has 0 saturated carbocycles. The van der Waals surface area contributed by atoms with Gasteiger partial charge in [0.15, 0.2) is 12.4 Å². The van der Waals surface area contributed by atoms with Crippen LogP contribution in [0.15, 0.2) is 12.2 Å². The molecule has 33 heavy (non-hydrogen) atoms. The number of aliphatic hydroxyl groups is 8. The number of ether oxygens (including phenoxy) is 2. The maximum atomic E-state index is 12.1. The van der Waals surface area contributed by atoms with Crippen molar-refractivity contribution in [1.29, 1.82) is 0 Å². The highest BCUT2D eigenvalue weighted by Crippen LogP contribution is 2.25. The summed E-state index contributed by atoms with van der Waals surface area (Å²) >= 11 is 0. The molecule has 0 aromatic carbocycles. The van der Waals surface area contributed by atoms with E-state index in [1.54, 1.807) is 0 Å². The van der Waals surface area contributed by atoms with Gasteiger partial charge in [-0.2, -0.15) is 0 Å². The Labute approximate surface area is 190 Å². The van der Waals surface area contributed by atoms with Gasteiger partial charge in [-0.05, 0) is 13.3 Å². The molecule has 9 atom stereocenters. The van der Waals surface area contributed by atoms with Crippen molar-refractivity contribution in [3.05, 3.63) is 12.2 Å². The van der Waals surface area contributed by atoms with E-state index in [1.165, 1.54) is 6.92 Å². The van der Waals surface area contributed by atoms with Crippen molar-refractivity contribution >= 4 is 11.8 Å². The monoisotopic (exact) mass is 482 g/mol. The predicted octanol–water partition coefficient (Wildman–Crippen LogP) is -5.55. The summed E-state index contributed by atoms with van der Waals surface area (Å²) in [6.45, 7) is 3.47. The molecule has 1 rings (SSSR count). The van der Waals surface area contributed by atoms with Crippen molar-refractivity contribution in [2.75, 3.05) is 26.3 Å². The van der Waals surface area contributed by atoms with Crippen molar-refractivity contribution in [3.63, 3.8) is 0 Å². The van der Waals surface area contributed by atoms with Gasteiger partial charge in [-0.15, -0.1) is 0 Å². The van der Waals surface area contributed by atoms with E-state index in [0.717, 1.165) is 0 Å². The Morgan fingerprint density at radius 2 is 1.64 bits per heavy atom. The van der Waals surface area contributed by atoms with Crippen LogP contribution in [0.1, 0.15) is 13.3 Å². The van der Waals surface area contributed by atoms with E-state index in [4.69, 9.17) is 9.47 Å². The summed E-state index contributed by atoms with van der Waals surface area (Å²) in [5.41, 5.74) is 0.311. The third-order valence-electron chi connectivity index (χ3n) is 4.96. The number of hydrogen-bond donors (Lipinski definition) is 10. The van der Waals surface area contributed by atoms with Crippen LogP contribution in [0.5, 0.6) is 0 Å². The van der Waals surface area contributed by atoms with Crippen LogP contribution in [0.4, 0.5) is 0 Å². The molecule has 192 valence electrons. The summed E-state index contributed by atoms with van der Waals surface area (Å²) < 4.78 is 10.3. The van der Waals surface area contributed by atoms with Crippen molar-refractivity contribution in [2.24, 2.45) is 0 Å². The summed E-state index contributed by atoms with van der Waals surface area (Å²) in [6.07, 6.45) is -16.3. The number of hydrogen-bond acceptors (Lipinski definition) is 12. The second-order valence-corrected chi connectivity index (χ2v) is 7.66. The molecule has 0 spiro atoms. The van der Waals surface area contributed by atoms with Gasteiger partial charge in [-0.3, -0.25) is 9.59 Å². The first-order chi connectivity index (χ1) is 15.5. The van der Waals surface area contributed by atoms with Crippen LogP contribution in [0.3, 0.4) is 0 Å². The van der Waals surface area contributed by atoms with E-state index >= 15 is 0 Å². The molecule has 0 aromatic heterocycles. The zero-order chi connectivity index (χ0) is 25.3. The van der Waals surface area contributed by atoms with Crippen LogP contribution in [0, 0.1) is 0 Å². The van der Waals surface area contributed by atoms with Gasteiger partial charge in [0.05, 0.1) is 13.2 Å². The molecule has 0 bridgehead atoms. The lowest BCUT2D eigenvalue weighted by Gasteiger charge is -2.42. The Bertz CT molecular complexity index is 648. The van der Waals surface area contributed by atoms with Gasteiger partial charge < -0.3 is 61.0 Å².